The molecule has 5 nitrogen and oxygen atoms in total. The van der Waals surface area contributed by atoms with Crippen LogP contribution in [0.4, 0.5) is 0 Å². The van der Waals surface area contributed by atoms with E-state index >= 15 is 0 Å². The number of carboxylic acid groups (broad SMARTS) is 1. The summed E-state index contributed by atoms with van der Waals surface area (Å²) in [5.41, 5.74) is 0.982. The van der Waals surface area contributed by atoms with Crippen LogP contribution in [0.2, 0.25) is 0 Å². The van der Waals surface area contributed by atoms with Gasteiger partial charge in [-0.2, -0.15) is 0 Å². The molecule has 0 radical (unpaired) electrons. The molecular formula is C13H11BrN2O3. The Hall–Kier alpha value is -1.95. The molecular weight excluding hydrogens is 312 g/mol. The topological polar surface area (TPSA) is 83.0 Å². The van der Waals surface area contributed by atoms with E-state index in [-0.39, 0.29) is 12.0 Å². The molecule has 0 unspecified atom stereocenters. The number of aromatic nitrogens is 2. The van der Waals surface area contributed by atoms with E-state index in [1.165, 1.54) is 0 Å². The predicted octanol–water partition coefficient (Wildman–Crippen LogP) is 2.13. The number of hydrogen-bond donors (Lipinski definition) is 2. The fraction of sp³-hybridized carbons (Fsp3) is 0.154. The summed E-state index contributed by atoms with van der Waals surface area (Å²) in [7, 11) is 0. The zero-order chi connectivity index (χ0) is 14.0. The molecule has 2 aromatic rings. The standard InChI is InChI=1S/C13H11BrN2O3/c1-7-10(6-11(17)18)13(19)16-12(15-7)8-2-4-9(14)5-3-8/h2-5H,6H2,1H3,(H,17,18)(H,15,16,19). The fourth-order valence-corrected chi connectivity index (χ4v) is 1.98. The van der Waals surface area contributed by atoms with Crippen LogP contribution >= 0.6 is 15.9 Å². The van der Waals surface area contributed by atoms with Crippen molar-refractivity contribution in [3.8, 4) is 11.4 Å². The first-order chi connectivity index (χ1) is 8.97. The molecule has 19 heavy (non-hydrogen) atoms. The first-order valence-corrected chi connectivity index (χ1v) is 6.34. The van der Waals surface area contributed by atoms with E-state index in [0.717, 1.165) is 10.0 Å². The van der Waals surface area contributed by atoms with Gasteiger partial charge < -0.3 is 10.1 Å². The van der Waals surface area contributed by atoms with Gasteiger partial charge in [0.25, 0.3) is 5.56 Å². The summed E-state index contributed by atoms with van der Waals surface area (Å²) in [6, 6.07) is 7.32. The Kier molecular flexibility index (Phi) is 3.80. The summed E-state index contributed by atoms with van der Waals surface area (Å²) in [6.07, 6.45) is -0.325. The molecule has 0 aliphatic heterocycles. The quantitative estimate of drug-likeness (QED) is 0.906. The van der Waals surface area contributed by atoms with Gasteiger partial charge in [-0.15, -0.1) is 0 Å². The van der Waals surface area contributed by atoms with Crippen LogP contribution in [0.1, 0.15) is 11.3 Å². The third-order valence-corrected chi connectivity index (χ3v) is 3.20. The predicted molar refractivity (Wildman–Crippen MR) is 74.1 cm³/mol. The molecule has 6 heteroatoms. The zero-order valence-corrected chi connectivity index (χ0v) is 11.7. The molecule has 1 aromatic carbocycles. The zero-order valence-electron chi connectivity index (χ0n) is 10.1. The van der Waals surface area contributed by atoms with Gasteiger partial charge in [0.2, 0.25) is 0 Å². The van der Waals surface area contributed by atoms with E-state index in [2.05, 4.69) is 25.9 Å². The molecule has 0 amide bonds. The number of carboxylic acids is 1. The van der Waals surface area contributed by atoms with Gasteiger partial charge in [0.1, 0.15) is 5.82 Å². The van der Waals surface area contributed by atoms with Crippen molar-refractivity contribution in [1.82, 2.24) is 9.97 Å². The molecule has 0 saturated carbocycles. The summed E-state index contributed by atoms with van der Waals surface area (Å²) in [5.74, 6) is -0.615. The molecule has 0 aliphatic carbocycles. The van der Waals surface area contributed by atoms with E-state index in [4.69, 9.17) is 5.11 Å². The maximum atomic E-state index is 11.9. The van der Waals surface area contributed by atoms with Crippen LogP contribution < -0.4 is 5.56 Å². The number of aliphatic carboxylic acids is 1. The second-order valence-corrected chi connectivity index (χ2v) is 4.97. The summed E-state index contributed by atoms with van der Waals surface area (Å²) in [6.45, 7) is 1.63. The van der Waals surface area contributed by atoms with Gasteiger partial charge in [-0.1, -0.05) is 28.1 Å². The smallest absolute Gasteiger partial charge is 0.308 e. The average molecular weight is 323 g/mol. The molecule has 1 aromatic heterocycles. The van der Waals surface area contributed by atoms with E-state index < -0.39 is 11.5 Å². The Labute approximate surface area is 117 Å². The second kappa shape index (κ2) is 5.36. The van der Waals surface area contributed by atoms with E-state index in [1.54, 1.807) is 6.92 Å². The maximum absolute atomic E-state index is 11.9. The van der Waals surface area contributed by atoms with Gasteiger partial charge in [0.05, 0.1) is 6.42 Å². The summed E-state index contributed by atoms with van der Waals surface area (Å²) in [4.78, 5) is 29.4. The number of aryl methyl sites for hydroxylation is 1. The molecule has 0 spiro atoms. The third kappa shape index (κ3) is 3.08. The van der Waals surface area contributed by atoms with Crippen LogP contribution in [0.15, 0.2) is 33.5 Å². The van der Waals surface area contributed by atoms with Gasteiger partial charge >= 0.3 is 5.97 Å². The Morgan fingerprint density at radius 1 is 1.37 bits per heavy atom. The van der Waals surface area contributed by atoms with Crippen molar-refractivity contribution in [3.05, 3.63) is 50.3 Å². The van der Waals surface area contributed by atoms with Gasteiger partial charge in [0.15, 0.2) is 0 Å². The number of halogens is 1. The molecule has 2 rings (SSSR count). The molecule has 2 N–H and O–H groups in total. The molecule has 0 atom stereocenters. The Bertz CT molecular complexity index is 677. The monoisotopic (exact) mass is 322 g/mol. The minimum Gasteiger partial charge on any atom is -0.481 e. The summed E-state index contributed by atoms with van der Waals surface area (Å²) in [5, 5.41) is 8.75. The SMILES string of the molecule is Cc1nc(-c2ccc(Br)cc2)[nH]c(=O)c1CC(=O)O. The van der Waals surface area contributed by atoms with Gasteiger partial charge in [0, 0.05) is 21.3 Å². The number of nitrogens with zero attached hydrogens (tertiary/aromatic N) is 1. The molecule has 98 valence electrons. The van der Waals surface area contributed by atoms with E-state index in [9.17, 15) is 9.59 Å². The van der Waals surface area contributed by atoms with Crippen molar-refractivity contribution in [3.63, 3.8) is 0 Å². The lowest BCUT2D eigenvalue weighted by Crippen LogP contribution is -2.20. The van der Waals surface area contributed by atoms with Crippen LogP contribution in [0.3, 0.4) is 0 Å². The van der Waals surface area contributed by atoms with Gasteiger partial charge in [-0.3, -0.25) is 9.59 Å². The second-order valence-electron chi connectivity index (χ2n) is 4.06. The van der Waals surface area contributed by atoms with Gasteiger partial charge in [-0.25, -0.2) is 4.98 Å². The summed E-state index contributed by atoms with van der Waals surface area (Å²) >= 11 is 3.33. The van der Waals surface area contributed by atoms with E-state index in [0.29, 0.717) is 11.5 Å². The van der Waals surface area contributed by atoms with Crippen molar-refractivity contribution in [1.29, 1.82) is 0 Å². The van der Waals surface area contributed by atoms with Crippen LogP contribution in [-0.4, -0.2) is 21.0 Å². The number of hydrogen-bond acceptors (Lipinski definition) is 3. The van der Waals surface area contributed by atoms with Crippen LogP contribution in [0, 0.1) is 6.92 Å². The Morgan fingerprint density at radius 2 is 2.00 bits per heavy atom. The first-order valence-electron chi connectivity index (χ1n) is 5.55. The lowest BCUT2D eigenvalue weighted by atomic mass is 10.1. The molecule has 1 heterocycles. The number of carbonyl (C=O) groups is 1. The number of H-pyrrole nitrogens is 1. The van der Waals surface area contributed by atoms with Crippen LogP contribution in [0.25, 0.3) is 11.4 Å². The van der Waals surface area contributed by atoms with Crippen LogP contribution in [-0.2, 0) is 11.2 Å². The van der Waals surface area contributed by atoms with Crippen molar-refractivity contribution < 1.29 is 9.90 Å². The first kappa shape index (κ1) is 13.5. The van der Waals surface area contributed by atoms with E-state index in [1.807, 2.05) is 24.3 Å². The molecule has 0 bridgehead atoms. The lowest BCUT2D eigenvalue weighted by Gasteiger charge is -2.06. The minimum absolute atomic E-state index is 0.188. The highest BCUT2D eigenvalue weighted by Crippen LogP contribution is 2.18. The highest BCUT2D eigenvalue weighted by Gasteiger charge is 2.12. The van der Waals surface area contributed by atoms with Crippen molar-refractivity contribution in [2.75, 3.05) is 0 Å². The number of benzene rings is 1. The lowest BCUT2D eigenvalue weighted by molar-refractivity contribution is -0.136. The number of rotatable bonds is 3. The maximum Gasteiger partial charge on any atom is 0.308 e. The fourth-order valence-electron chi connectivity index (χ4n) is 1.71. The number of aromatic amines is 1. The van der Waals surface area contributed by atoms with Gasteiger partial charge in [-0.05, 0) is 19.1 Å². The molecule has 0 saturated heterocycles. The molecule has 0 fully saturated rings. The largest absolute Gasteiger partial charge is 0.481 e. The summed E-state index contributed by atoms with van der Waals surface area (Å²) < 4.78 is 0.929. The third-order valence-electron chi connectivity index (χ3n) is 2.67. The van der Waals surface area contributed by atoms with Crippen molar-refractivity contribution in [2.24, 2.45) is 0 Å². The van der Waals surface area contributed by atoms with Crippen molar-refractivity contribution in [2.45, 2.75) is 13.3 Å². The Balaban J connectivity index is 2.48. The molecule has 0 aliphatic rings. The van der Waals surface area contributed by atoms with Crippen molar-refractivity contribution >= 4 is 21.9 Å². The highest BCUT2D eigenvalue weighted by atomic mass is 79.9. The number of nitrogens with one attached hydrogen (secondary N) is 1. The average Bonchev–Trinajstić information content (AvgIpc) is 2.34. The minimum atomic E-state index is -1.05. The van der Waals surface area contributed by atoms with Crippen LogP contribution in [0.5, 0.6) is 0 Å². The highest BCUT2D eigenvalue weighted by molar-refractivity contribution is 9.10. The Morgan fingerprint density at radius 3 is 2.53 bits per heavy atom. The normalized spacial score (nSPS) is 10.4.